The van der Waals surface area contributed by atoms with Crippen LogP contribution in [-0.2, 0) is 6.42 Å². The first-order valence-corrected chi connectivity index (χ1v) is 5.15. The Kier molecular flexibility index (Phi) is 2.82. The summed E-state index contributed by atoms with van der Waals surface area (Å²) in [4.78, 5) is 0. The second kappa shape index (κ2) is 4.26. The molecule has 0 spiro atoms. The van der Waals surface area contributed by atoms with Crippen LogP contribution in [0.2, 0.25) is 0 Å². The van der Waals surface area contributed by atoms with Crippen molar-refractivity contribution in [1.82, 2.24) is 0 Å². The first-order valence-electron chi connectivity index (χ1n) is 5.15. The predicted molar refractivity (Wildman–Crippen MR) is 61.2 cm³/mol. The minimum Gasteiger partial charge on any atom is -0.206 e. The highest BCUT2D eigenvalue weighted by Crippen LogP contribution is 2.23. The summed E-state index contributed by atoms with van der Waals surface area (Å²) in [6, 6.07) is 14.9. The van der Waals surface area contributed by atoms with Crippen LogP contribution >= 0.6 is 0 Å². The van der Waals surface area contributed by atoms with Crippen LogP contribution in [0.25, 0.3) is 11.1 Å². The Morgan fingerprint density at radius 2 is 1.73 bits per heavy atom. The standard InChI is InChI=1S/C14H13F/c1-2-11-8-9-14(15)13(10-11)12-6-4-3-5-7-12/h3-10H,2H2,1H3. The van der Waals surface area contributed by atoms with Crippen molar-refractivity contribution in [2.45, 2.75) is 13.3 Å². The zero-order valence-electron chi connectivity index (χ0n) is 8.70. The van der Waals surface area contributed by atoms with Gasteiger partial charge in [-0.3, -0.25) is 0 Å². The molecule has 0 atom stereocenters. The Bertz CT molecular complexity index is 446. The summed E-state index contributed by atoms with van der Waals surface area (Å²) in [5.74, 6) is -0.154. The van der Waals surface area contributed by atoms with E-state index < -0.39 is 0 Å². The summed E-state index contributed by atoms with van der Waals surface area (Å²) < 4.78 is 13.6. The van der Waals surface area contributed by atoms with Gasteiger partial charge >= 0.3 is 0 Å². The first-order chi connectivity index (χ1) is 7.31. The van der Waals surface area contributed by atoms with Crippen molar-refractivity contribution in [3.63, 3.8) is 0 Å². The fourth-order valence-corrected chi connectivity index (χ4v) is 1.63. The van der Waals surface area contributed by atoms with E-state index in [1.807, 2.05) is 42.5 Å². The van der Waals surface area contributed by atoms with Crippen molar-refractivity contribution in [2.75, 3.05) is 0 Å². The molecule has 15 heavy (non-hydrogen) atoms. The number of hydrogen-bond acceptors (Lipinski definition) is 0. The number of aryl methyl sites for hydroxylation is 1. The number of hydrogen-bond donors (Lipinski definition) is 0. The molecular weight excluding hydrogens is 187 g/mol. The lowest BCUT2D eigenvalue weighted by Gasteiger charge is -2.05. The van der Waals surface area contributed by atoms with Crippen LogP contribution in [0.4, 0.5) is 4.39 Å². The van der Waals surface area contributed by atoms with E-state index in [-0.39, 0.29) is 5.82 Å². The summed E-state index contributed by atoms with van der Waals surface area (Å²) in [5, 5.41) is 0. The second-order valence-electron chi connectivity index (χ2n) is 3.53. The van der Waals surface area contributed by atoms with Gasteiger partial charge in [0.15, 0.2) is 0 Å². The van der Waals surface area contributed by atoms with Crippen LogP contribution < -0.4 is 0 Å². The Hall–Kier alpha value is -1.63. The zero-order chi connectivity index (χ0) is 10.7. The smallest absolute Gasteiger partial charge is 0.131 e. The lowest BCUT2D eigenvalue weighted by atomic mass is 10.0. The van der Waals surface area contributed by atoms with Crippen LogP contribution in [0.1, 0.15) is 12.5 Å². The van der Waals surface area contributed by atoms with Gasteiger partial charge in [0.1, 0.15) is 5.82 Å². The van der Waals surface area contributed by atoms with E-state index >= 15 is 0 Å². The van der Waals surface area contributed by atoms with Gasteiger partial charge < -0.3 is 0 Å². The summed E-state index contributed by atoms with van der Waals surface area (Å²) in [5.41, 5.74) is 2.79. The summed E-state index contributed by atoms with van der Waals surface area (Å²) in [6.07, 6.45) is 0.931. The molecule has 0 nitrogen and oxygen atoms in total. The molecular formula is C14H13F. The van der Waals surface area contributed by atoms with Crippen LogP contribution in [0.15, 0.2) is 48.5 Å². The van der Waals surface area contributed by atoms with Crippen molar-refractivity contribution in [3.05, 3.63) is 59.9 Å². The SMILES string of the molecule is CCc1ccc(F)c(-c2ccccc2)c1. The van der Waals surface area contributed by atoms with Gasteiger partial charge in [-0.25, -0.2) is 4.39 Å². The molecule has 0 saturated heterocycles. The average Bonchev–Trinajstić information content (AvgIpc) is 2.31. The molecule has 0 aromatic heterocycles. The maximum atomic E-state index is 13.6. The van der Waals surface area contributed by atoms with Gasteiger partial charge in [0, 0.05) is 5.56 Å². The lowest BCUT2D eigenvalue weighted by molar-refractivity contribution is 0.630. The van der Waals surface area contributed by atoms with E-state index in [0.717, 1.165) is 17.5 Å². The fourth-order valence-electron chi connectivity index (χ4n) is 1.63. The Labute approximate surface area is 89.4 Å². The van der Waals surface area contributed by atoms with E-state index in [1.54, 1.807) is 6.07 Å². The van der Waals surface area contributed by atoms with E-state index in [1.165, 1.54) is 0 Å². The van der Waals surface area contributed by atoms with Gasteiger partial charge in [0.05, 0.1) is 0 Å². The molecule has 76 valence electrons. The normalized spacial score (nSPS) is 10.3. The summed E-state index contributed by atoms with van der Waals surface area (Å²) in [6.45, 7) is 2.07. The topological polar surface area (TPSA) is 0 Å². The molecule has 2 aromatic rings. The third-order valence-corrected chi connectivity index (χ3v) is 2.52. The quantitative estimate of drug-likeness (QED) is 0.686. The summed E-state index contributed by atoms with van der Waals surface area (Å²) >= 11 is 0. The highest BCUT2D eigenvalue weighted by Gasteiger charge is 2.04. The maximum Gasteiger partial charge on any atom is 0.131 e. The molecule has 0 fully saturated rings. The molecule has 2 aromatic carbocycles. The molecule has 0 aliphatic heterocycles. The molecule has 0 radical (unpaired) electrons. The zero-order valence-corrected chi connectivity index (χ0v) is 8.70. The molecule has 0 heterocycles. The lowest BCUT2D eigenvalue weighted by Crippen LogP contribution is -1.87. The van der Waals surface area contributed by atoms with E-state index in [2.05, 4.69) is 6.92 Å². The fraction of sp³-hybridized carbons (Fsp3) is 0.143. The molecule has 0 N–H and O–H groups in total. The van der Waals surface area contributed by atoms with Gasteiger partial charge in [-0.15, -0.1) is 0 Å². The molecule has 0 amide bonds. The average molecular weight is 200 g/mol. The van der Waals surface area contributed by atoms with Crippen molar-refractivity contribution >= 4 is 0 Å². The number of halogens is 1. The predicted octanol–water partition coefficient (Wildman–Crippen LogP) is 4.06. The highest BCUT2D eigenvalue weighted by atomic mass is 19.1. The van der Waals surface area contributed by atoms with Crippen LogP contribution in [-0.4, -0.2) is 0 Å². The van der Waals surface area contributed by atoms with Gasteiger partial charge in [-0.05, 0) is 29.7 Å². The third-order valence-electron chi connectivity index (χ3n) is 2.52. The Balaban J connectivity index is 2.52. The highest BCUT2D eigenvalue weighted by molar-refractivity contribution is 5.64. The summed E-state index contributed by atoms with van der Waals surface area (Å²) in [7, 11) is 0. The second-order valence-corrected chi connectivity index (χ2v) is 3.53. The molecule has 0 unspecified atom stereocenters. The number of benzene rings is 2. The van der Waals surface area contributed by atoms with Gasteiger partial charge in [0.2, 0.25) is 0 Å². The van der Waals surface area contributed by atoms with Crippen LogP contribution in [0.5, 0.6) is 0 Å². The Morgan fingerprint density at radius 3 is 2.40 bits per heavy atom. The molecule has 0 aliphatic carbocycles. The van der Waals surface area contributed by atoms with Gasteiger partial charge in [-0.2, -0.15) is 0 Å². The molecule has 0 saturated carbocycles. The van der Waals surface area contributed by atoms with E-state index in [9.17, 15) is 4.39 Å². The van der Waals surface area contributed by atoms with E-state index in [4.69, 9.17) is 0 Å². The first kappa shape index (κ1) is 9.91. The van der Waals surface area contributed by atoms with Crippen LogP contribution in [0, 0.1) is 5.82 Å². The largest absolute Gasteiger partial charge is 0.206 e. The Morgan fingerprint density at radius 1 is 1.00 bits per heavy atom. The van der Waals surface area contributed by atoms with Crippen molar-refractivity contribution in [1.29, 1.82) is 0 Å². The maximum absolute atomic E-state index is 13.6. The van der Waals surface area contributed by atoms with Gasteiger partial charge in [0.25, 0.3) is 0 Å². The van der Waals surface area contributed by atoms with Crippen molar-refractivity contribution < 1.29 is 4.39 Å². The van der Waals surface area contributed by atoms with E-state index in [0.29, 0.717) is 5.56 Å². The monoisotopic (exact) mass is 200 g/mol. The minimum absolute atomic E-state index is 0.154. The van der Waals surface area contributed by atoms with Gasteiger partial charge in [-0.1, -0.05) is 43.3 Å². The number of rotatable bonds is 2. The van der Waals surface area contributed by atoms with Crippen molar-refractivity contribution in [3.8, 4) is 11.1 Å². The molecule has 1 heteroatoms. The molecule has 2 rings (SSSR count). The van der Waals surface area contributed by atoms with Crippen LogP contribution in [0.3, 0.4) is 0 Å². The molecule has 0 aliphatic rings. The minimum atomic E-state index is -0.154. The molecule has 0 bridgehead atoms. The van der Waals surface area contributed by atoms with Crippen molar-refractivity contribution in [2.24, 2.45) is 0 Å². The third kappa shape index (κ3) is 2.07.